The molecule has 1 aliphatic heterocycles. The topological polar surface area (TPSA) is 124 Å². The maximum Gasteiger partial charge on any atom is 0.220 e. The van der Waals surface area contributed by atoms with Gasteiger partial charge < -0.3 is 34.9 Å². The molecule has 43 heavy (non-hydrogen) atoms. The zero-order valence-electron chi connectivity index (χ0n) is 25.8. The second-order valence-electron chi connectivity index (χ2n) is 11.2. The van der Waals surface area contributed by atoms with Gasteiger partial charge in [0.2, 0.25) is 23.0 Å². The van der Waals surface area contributed by atoms with Crippen molar-refractivity contribution in [2.24, 2.45) is 5.92 Å². The van der Waals surface area contributed by atoms with Crippen LogP contribution in [0.1, 0.15) is 69.0 Å². The fraction of sp³-hybridized carbons (Fsp3) is 0.545. The summed E-state index contributed by atoms with van der Waals surface area (Å²) in [6, 6.07) is 6.90. The van der Waals surface area contributed by atoms with Gasteiger partial charge in [-0.2, -0.15) is 0 Å². The van der Waals surface area contributed by atoms with Crippen molar-refractivity contribution < 1.29 is 28.5 Å². The number of hydrogen-bond donors (Lipinski definition) is 3. The minimum atomic E-state index is -0.355. The van der Waals surface area contributed by atoms with Gasteiger partial charge in [0.15, 0.2) is 11.5 Å². The van der Waals surface area contributed by atoms with E-state index < -0.39 is 0 Å². The number of ether oxygens (including phenoxy) is 4. The highest BCUT2D eigenvalue weighted by atomic mass is 16.5. The Bertz CT molecular complexity index is 1340. The number of anilines is 1. The number of rotatable bonds is 13. The van der Waals surface area contributed by atoms with Crippen molar-refractivity contribution in [2.75, 3.05) is 52.9 Å². The molecule has 1 fully saturated rings. The monoisotopic (exact) mass is 595 g/mol. The fourth-order valence-electron chi connectivity index (χ4n) is 5.96. The molecule has 0 radical (unpaired) electrons. The fourth-order valence-corrected chi connectivity index (χ4v) is 5.96. The SMILES string of the molecule is COc1cc2c(c(OC)c1OC)-c1ccc(NCCCCCC(=O)NCC3CCOCC3)c(=O)cc1C(NC(C)=O)CC2. The van der Waals surface area contributed by atoms with Crippen LogP contribution in [0.5, 0.6) is 17.2 Å². The first kappa shape index (κ1) is 32.1. The van der Waals surface area contributed by atoms with E-state index in [1.54, 1.807) is 33.5 Å². The first-order valence-corrected chi connectivity index (χ1v) is 15.2. The molecule has 3 N–H and O–H groups in total. The van der Waals surface area contributed by atoms with E-state index in [0.29, 0.717) is 54.7 Å². The molecule has 1 heterocycles. The number of aryl methyl sites for hydroxylation is 1. The summed E-state index contributed by atoms with van der Waals surface area (Å²) in [6.45, 7) is 4.37. The number of methoxy groups -OCH3 is 3. The molecule has 10 heteroatoms. The number of benzene rings is 1. The molecule has 234 valence electrons. The second kappa shape index (κ2) is 15.6. The number of hydrogen-bond acceptors (Lipinski definition) is 8. The average Bonchev–Trinajstić information content (AvgIpc) is 3.25. The summed E-state index contributed by atoms with van der Waals surface area (Å²) in [7, 11) is 4.73. The van der Waals surface area contributed by atoms with Gasteiger partial charge >= 0.3 is 0 Å². The quantitative estimate of drug-likeness (QED) is 0.292. The lowest BCUT2D eigenvalue weighted by molar-refractivity contribution is -0.121. The zero-order valence-corrected chi connectivity index (χ0v) is 25.8. The maximum absolute atomic E-state index is 13.4. The van der Waals surface area contributed by atoms with Gasteiger partial charge in [-0.15, -0.1) is 0 Å². The third-order valence-corrected chi connectivity index (χ3v) is 8.24. The lowest BCUT2D eigenvalue weighted by atomic mass is 9.95. The van der Waals surface area contributed by atoms with Crippen LogP contribution in [0, 0.1) is 5.92 Å². The average molecular weight is 596 g/mol. The lowest BCUT2D eigenvalue weighted by Gasteiger charge is -2.22. The largest absolute Gasteiger partial charge is 0.493 e. The van der Waals surface area contributed by atoms with Crippen LogP contribution < -0.4 is 35.6 Å². The highest BCUT2D eigenvalue weighted by molar-refractivity contribution is 5.83. The first-order chi connectivity index (χ1) is 20.9. The molecule has 1 atom stereocenters. The van der Waals surface area contributed by atoms with E-state index in [0.717, 1.165) is 74.1 Å². The zero-order chi connectivity index (χ0) is 30.8. The van der Waals surface area contributed by atoms with Gasteiger partial charge in [-0.3, -0.25) is 14.4 Å². The van der Waals surface area contributed by atoms with E-state index in [4.69, 9.17) is 18.9 Å². The van der Waals surface area contributed by atoms with Crippen molar-refractivity contribution >= 4 is 17.5 Å². The lowest BCUT2D eigenvalue weighted by Crippen LogP contribution is -2.31. The Morgan fingerprint density at radius 2 is 1.72 bits per heavy atom. The molecule has 2 aromatic carbocycles. The third-order valence-electron chi connectivity index (χ3n) is 8.24. The Kier molecular flexibility index (Phi) is 11.7. The minimum Gasteiger partial charge on any atom is -0.493 e. The third kappa shape index (κ3) is 8.19. The summed E-state index contributed by atoms with van der Waals surface area (Å²) in [5, 5.41) is 9.37. The number of fused-ring (bicyclic) bond motifs is 3. The molecule has 1 unspecified atom stereocenters. The van der Waals surface area contributed by atoms with Crippen molar-refractivity contribution in [2.45, 2.75) is 64.3 Å². The number of amides is 2. The summed E-state index contributed by atoms with van der Waals surface area (Å²) >= 11 is 0. The molecular formula is C33H45N3O7. The van der Waals surface area contributed by atoms with E-state index in [1.165, 1.54) is 6.92 Å². The van der Waals surface area contributed by atoms with Gasteiger partial charge in [0.25, 0.3) is 0 Å². The smallest absolute Gasteiger partial charge is 0.220 e. The number of unbranched alkanes of at least 4 members (excludes halogenated alkanes) is 2. The molecule has 2 aliphatic rings. The highest BCUT2D eigenvalue weighted by Crippen LogP contribution is 2.50. The molecule has 2 amide bonds. The summed E-state index contributed by atoms with van der Waals surface area (Å²) in [5.41, 5.74) is 3.63. The summed E-state index contributed by atoms with van der Waals surface area (Å²) in [4.78, 5) is 37.8. The number of nitrogens with one attached hydrogen (secondary N) is 3. The van der Waals surface area contributed by atoms with E-state index in [1.807, 2.05) is 12.1 Å². The van der Waals surface area contributed by atoms with Gasteiger partial charge in [0.1, 0.15) is 0 Å². The van der Waals surface area contributed by atoms with Gasteiger partial charge in [0.05, 0.1) is 33.1 Å². The Morgan fingerprint density at radius 1 is 0.953 bits per heavy atom. The number of carbonyl (C=O) groups is 2. The van der Waals surface area contributed by atoms with Gasteiger partial charge in [-0.25, -0.2) is 0 Å². The minimum absolute atomic E-state index is 0.0940. The van der Waals surface area contributed by atoms with Crippen molar-refractivity contribution in [1.82, 2.24) is 10.6 Å². The molecule has 0 saturated carbocycles. The Balaban J connectivity index is 1.47. The van der Waals surface area contributed by atoms with Gasteiger partial charge in [0, 0.05) is 45.2 Å². The molecule has 10 nitrogen and oxygen atoms in total. The Morgan fingerprint density at radius 3 is 2.42 bits per heavy atom. The van der Waals surface area contributed by atoms with E-state index in [2.05, 4.69) is 16.0 Å². The molecule has 0 aromatic heterocycles. The summed E-state index contributed by atoms with van der Waals surface area (Å²) in [6.07, 6.45) is 6.25. The number of carbonyl (C=O) groups excluding carboxylic acids is 2. The summed E-state index contributed by atoms with van der Waals surface area (Å²) < 4.78 is 22.5. The molecule has 1 aliphatic carbocycles. The highest BCUT2D eigenvalue weighted by Gasteiger charge is 2.29. The van der Waals surface area contributed by atoms with Crippen molar-refractivity contribution in [3.05, 3.63) is 45.6 Å². The van der Waals surface area contributed by atoms with Crippen LogP contribution in [-0.4, -0.2) is 59.4 Å². The molecular weight excluding hydrogens is 550 g/mol. The predicted molar refractivity (Wildman–Crippen MR) is 166 cm³/mol. The van der Waals surface area contributed by atoms with Crippen molar-refractivity contribution in [3.63, 3.8) is 0 Å². The molecule has 1 saturated heterocycles. The maximum atomic E-state index is 13.4. The van der Waals surface area contributed by atoms with Crippen LogP contribution in [-0.2, 0) is 20.7 Å². The molecule has 4 rings (SSSR count). The van der Waals surface area contributed by atoms with Crippen LogP contribution in [0.4, 0.5) is 5.69 Å². The van der Waals surface area contributed by atoms with Gasteiger partial charge in [-0.05, 0) is 79.3 Å². The standard InChI is InChI=1S/C33H45N3O7/c1-21(37)36-26-11-9-23-18-29(40-2)32(41-3)33(42-4)31(23)24-10-12-27(28(38)19-25(24)26)34-15-7-5-6-8-30(39)35-20-22-13-16-43-17-14-22/h10,12,18-19,22,26H,5-9,11,13-17,20H2,1-4H3,(H,34,38)(H,35,39)(H,36,37). The molecule has 0 spiro atoms. The van der Waals surface area contributed by atoms with Crippen LogP contribution in [0.3, 0.4) is 0 Å². The second-order valence-corrected chi connectivity index (χ2v) is 11.2. The normalized spacial score (nSPS) is 16.2. The van der Waals surface area contributed by atoms with Crippen LogP contribution in [0.15, 0.2) is 29.1 Å². The van der Waals surface area contributed by atoms with Crippen LogP contribution in [0.2, 0.25) is 0 Å². The molecule has 2 aromatic rings. The Labute approximate surface area is 253 Å². The van der Waals surface area contributed by atoms with E-state index in [-0.39, 0.29) is 23.3 Å². The van der Waals surface area contributed by atoms with Crippen LogP contribution in [0.25, 0.3) is 11.1 Å². The van der Waals surface area contributed by atoms with Gasteiger partial charge in [-0.1, -0.05) is 12.5 Å². The van der Waals surface area contributed by atoms with E-state index in [9.17, 15) is 14.4 Å². The van der Waals surface area contributed by atoms with Crippen LogP contribution >= 0.6 is 0 Å². The first-order valence-electron chi connectivity index (χ1n) is 15.2. The predicted octanol–water partition coefficient (Wildman–Crippen LogP) is 4.38. The summed E-state index contributed by atoms with van der Waals surface area (Å²) in [5.74, 6) is 1.99. The Hall–Kier alpha value is -3.79. The van der Waals surface area contributed by atoms with Crippen molar-refractivity contribution in [1.29, 1.82) is 0 Å². The molecule has 0 bridgehead atoms. The van der Waals surface area contributed by atoms with E-state index >= 15 is 0 Å². The van der Waals surface area contributed by atoms with Crippen molar-refractivity contribution in [3.8, 4) is 28.4 Å².